The molecule has 5 nitrogen and oxygen atoms in total. The highest BCUT2D eigenvalue weighted by Crippen LogP contribution is 2.55. The highest BCUT2D eigenvalue weighted by Gasteiger charge is 2.44. The first-order chi connectivity index (χ1) is 17.0. The average molecular weight is 487 g/mol. The smallest absolute Gasteiger partial charge is 0.238 e. The highest BCUT2D eigenvalue weighted by molar-refractivity contribution is 7.89. The fourth-order valence-electron chi connectivity index (χ4n) is 6.49. The van der Waals surface area contributed by atoms with Crippen molar-refractivity contribution in [1.29, 1.82) is 0 Å². The summed E-state index contributed by atoms with van der Waals surface area (Å²) in [4.78, 5) is 13.5. The van der Waals surface area contributed by atoms with Crippen molar-refractivity contribution < 1.29 is 13.2 Å². The quantitative estimate of drug-likeness (QED) is 0.589. The van der Waals surface area contributed by atoms with Gasteiger partial charge in [-0.25, -0.2) is 8.42 Å². The van der Waals surface area contributed by atoms with Gasteiger partial charge >= 0.3 is 0 Å². The Morgan fingerprint density at radius 1 is 0.886 bits per heavy atom. The number of hydrogen-bond donors (Lipinski definition) is 1. The van der Waals surface area contributed by atoms with E-state index in [-0.39, 0.29) is 30.0 Å². The van der Waals surface area contributed by atoms with Crippen molar-refractivity contribution in [1.82, 2.24) is 9.62 Å². The van der Waals surface area contributed by atoms with Crippen molar-refractivity contribution in [3.8, 4) is 0 Å². The van der Waals surface area contributed by atoms with Crippen molar-refractivity contribution in [3.05, 3.63) is 106 Å². The zero-order valence-corrected chi connectivity index (χ0v) is 20.7. The molecular formula is C29H30N2O3S. The van der Waals surface area contributed by atoms with Crippen molar-refractivity contribution in [2.24, 2.45) is 5.92 Å². The van der Waals surface area contributed by atoms with E-state index in [1.165, 1.54) is 26.6 Å². The van der Waals surface area contributed by atoms with E-state index < -0.39 is 16.1 Å². The van der Waals surface area contributed by atoms with Gasteiger partial charge < -0.3 is 5.32 Å². The van der Waals surface area contributed by atoms with E-state index in [0.717, 1.165) is 17.5 Å². The number of fused-ring (bicyclic) bond motifs is 2. The van der Waals surface area contributed by atoms with E-state index in [4.69, 9.17) is 0 Å². The zero-order valence-electron chi connectivity index (χ0n) is 19.9. The Balaban J connectivity index is 1.26. The van der Waals surface area contributed by atoms with Crippen molar-refractivity contribution in [2.75, 3.05) is 12.3 Å². The van der Waals surface area contributed by atoms with Gasteiger partial charge in [0.25, 0.3) is 0 Å². The molecule has 0 radical (unpaired) electrons. The van der Waals surface area contributed by atoms with Gasteiger partial charge in [0, 0.05) is 24.9 Å². The minimum Gasteiger partial charge on any atom is -0.354 e. The molecular weight excluding hydrogens is 456 g/mol. The number of rotatable bonds is 5. The second-order valence-electron chi connectivity index (χ2n) is 9.96. The first kappa shape index (κ1) is 22.5. The zero-order chi connectivity index (χ0) is 24.2. The van der Waals surface area contributed by atoms with Gasteiger partial charge in [-0.15, -0.1) is 0 Å². The van der Waals surface area contributed by atoms with Gasteiger partial charge in [0.2, 0.25) is 15.9 Å². The molecule has 3 aromatic rings. The summed E-state index contributed by atoms with van der Waals surface area (Å²) in [5, 5.41) is 3.18. The molecule has 0 aromatic heterocycles. The number of carbonyl (C=O) groups excluding carboxylic acids is 1. The monoisotopic (exact) mass is 486 g/mol. The van der Waals surface area contributed by atoms with Crippen LogP contribution in [0.5, 0.6) is 0 Å². The molecule has 6 heteroatoms. The number of nitrogens with zero attached hydrogens (tertiary/aromatic N) is 1. The number of sulfonamides is 1. The summed E-state index contributed by atoms with van der Waals surface area (Å²) in [5.41, 5.74) is 7.57. The molecule has 2 bridgehead atoms. The van der Waals surface area contributed by atoms with Gasteiger partial charge in [-0.05, 0) is 59.1 Å². The van der Waals surface area contributed by atoms with Gasteiger partial charge in [-0.1, -0.05) is 72.8 Å². The first-order valence-electron chi connectivity index (χ1n) is 12.5. The lowest BCUT2D eigenvalue weighted by atomic mass is 9.59. The maximum atomic E-state index is 13.5. The van der Waals surface area contributed by atoms with Crippen molar-refractivity contribution in [3.63, 3.8) is 0 Å². The van der Waals surface area contributed by atoms with Crippen LogP contribution in [0.4, 0.5) is 0 Å². The lowest BCUT2D eigenvalue weighted by Crippen LogP contribution is -2.53. The summed E-state index contributed by atoms with van der Waals surface area (Å²) < 4.78 is 27.2. The van der Waals surface area contributed by atoms with Gasteiger partial charge in [0.15, 0.2) is 0 Å². The summed E-state index contributed by atoms with van der Waals surface area (Å²) in [6, 6.07) is 24.5. The van der Waals surface area contributed by atoms with Crippen LogP contribution in [0.2, 0.25) is 0 Å². The van der Waals surface area contributed by atoms with E-state index in [1.807, 2.05) is 24.3 Å². The molecule has 35 heavy (non-hydrogen) atoms. The highest BCUT2D eigenvalue weighted by atomic mass is 32.2. The summed E-state index contributed by atoms with van der Waals surface area (Å²) in [7, 11) is -3.52. The molecule has 0 fully saturated rings. The fraction of sp³-hybridized carbons (Fsp3) is 0.345. The Morgan fingerprint density at radius 3 is 2.09 bits per heavy atom. The van der Waals surface area contributed by atoms with Gasteiger partial charge in [0.1, 0.15) is 6.04 Å². The third-order valence-electron chi connectivity index (χ3n) is 8.19. The van der Waals surface area contributed by atoms with Crippen molar-refractivity contribution >= 4 is 15.9 Å². The molecule has 2 unspecified atom stereocenters. The van der Waals surface area contributed by atoms with E-state index in [1.54, 1.807) is 6.92 Å². The lowest BCUT2D eigenvalue weighted by molar-refractivity contribution is -0.125. The van der Waals surface area contributed by atoms with E-state index in [0.29, 0.717) is 18.9 Å². The third kappa shape index (κ3) is 3.71. The summed E-state index contributed by atoms with van der Waals surface area (Å²) in [5.74, 6) is 0.655. The lowest BCUT2D eigenvalue weighted by Gasteiger charge is -2.45. The molecule has 1 aliphatic heterocycles. The Morgan fingerprint density at radius 2 is 1.46 bits per heavy atom. The predicted molar refractivity (Wildman–Crippen MR) is 137 cm³/mol. The SMILES string of the molecule is CCS(=O)(=O)N1Cc2ccccc2CC1C(=O)NCC1CC2c3ccccc3C1c1ccccc12. The van der Waals surface area contributed by atoms with Crippen molar-refractivity contribution in [2.45, 2.75) is 44.2 Å². The average Bonchev–Trinajstić information content (AvgIpc) is 2.91. The van der Waals surface area contributed by atoms with Crippen LogP contribution in [-0.4, -0.2) is 37.0 Å². The number of carbonyl (C=O) groups is 1. The van der Waals surface area contributed by atoms with Gasteiger partial charge in [-0.3, -0.25) is 4.79 Å². The molecule has 0 spiro atoms. The molecule has 180 valence electrons. The normalized spacial score (nSPS) is 24.8. The molecule has 0 saturated carbocycles. The molecule has 2 atom stereocenters. The number of benzene rings is 3. The van der Waals surface area contributed by atoms with Gasteiger partial charge in [0.05, 0.1) is 5.75 Å². The van der Waals surface area contributed by atoms with Gasteiger partial charge in [-0.2, -0.15) is 4.31 Å². The van der Waals surface area contributed by atoms with Crippen LogP contribution in [0.3, 0.4) is 0 Å². The number of hydrogen-bond acceptors (Lipinski definition) is 3. The predicted octanol–water partition coefficient (Wildman–Crippen LogP) is 4.18. The minimum atomic E-state index is -3.52. The number of nitrogens with one attached hydrogen (secondary N) is 1. The van der Waals surface area contributed by atoms with E-state index in [9.17, 15) is 13.2 Å². The molecule has 3 aromatic carbocycles. The second-order valence-corrected chi connectivity index (χ2v) is 12.2. The molecule has 4 aliphatic rings. The summed E-state index contributed by atoms with van der Waals surface area (Å²) in [6.45, 7) is 2.43. The van der Waals surface area contributed by atoms with Crippen LogP contribution < -0.4 is 5.32 Å². The summed E-state index contributed by atoms with van der Waals surface area (Å²) in [6.07, 6.45) is 1.40. The van der Waals surface area contributed by atoms with Crippen LogP contribution in [-0.2, 0) is 27.8 Å². The maximum absolute atomic E-state index is 13.5. The third-order valence-corrected chi connectivity index (χ3v) is 10.0. The molecule has 7 rings (SSSR count). The first-order valence-corrected chi connectivity index (χ1v) is 14.1. The molecule has 1 amide bonds. The fourth-order valence-corrected chi connectivity index (χ4v) is 7.72. The number of amides is 1. The Bertz CT molecular complexity index is 1350. The standard InChI is InChI=1S/C29H30N2O3S/c1-2-35(33,34)31-18-20-10-4-3-9-19(20)16-27(31)29(32)30-17-21-15-26-22-11-5-7-13-24(22)28(21)25-14-8-6-12-23(25)26/h3-14,21,26-28H,2,15-18H2,1H3,(H,30,32). The van der Waals surface area contributed by atoms with Crippen LogP contribution in [0.15, 0.2) is 72.8 Å². The Kier molecular flexibility index (Phi) is 5.53. The largest absolute Gasteiger partial charge is 0.354 e. The van der Waals surface area contributed by atoms with E-state index >= 15 is 0 Å². The molecule has 1 heterocycles. The van der Waals surface area contributed by atoms with Crippen LogP contribution in [0.25, 0.3) is 0 Å². The molecule has 0 saturated heterocycles. The van der Waals surface area contributed by atoms with E-state index in [2.05, 4.69) is 53.8 Å². The van der Waals surface area contributed by atoms with Crippen LogP contribution >= 0.6 is 0 Å². The Hall–Kier alpha value is -2.96. The van der Waals surface area contributed by atoms with Crippen LogP contribution in [0.1, 0.15) is 58.6 Å². The maximum Gasteiger partial charge on any atom is 0.238 e. The molecule has 1 N–H and O–H groups in total. The minimum absolute atomic E-state index is 0.0150. The Labute approximate surface area is 207 Å². The second kappa shape index (κ2) is 8.61. The molecule has 3 aliphatic carbocycles. The van der Waals surface area contributed by atoms with Crippen LogP contribution in [0, 0.1) is 5.92 Å². The topological polar surface area (TPSA) is 66.5 Å². The summed E-state index contributed by atoms with van der Waals surface area (Å²) >= 11 is 0.